The number of rotatable bonds is 6. The molecular weight excluding hydrogens is 757 g/mol. The number of carbonyl (C=O) groups is 6. The first kappa shape index (κ1) is 40.1. The number of nitriles is 1. The smallest absolute Gasteiger partial charge is 0.137 e. The van der Waals surface area contributed by atoms with Crippen molar-refractivity contribution in [2.24, 2.45) is 46.8 Å². The molecule has 2 bridgehead atoms. The largest absolute Gasteiger partial charge is 0.299 e. The van der Waals surface area contributed by atoms with E-state index in [-0.39, 0.29) is 46.5 Å². The predicted octanol–water partition coefficient (Wildman–Crippen LogP) is 9.16. The summed E-state index contributed by atoms with van der Waals surface area (Å²) in [6.45, 7) is 0. The predicted molar refractivity (Wildman–Crippen MR) is 224 cm³/mol. The summed E-state index contributed by atoms with van der Waals surface area (Å²) in [5.41, 5.74) is 0.543. The maximum atomic E-state index is 15.1. The molecular formula is C50H62N2O6S. The van der Waals surface area contributed by atoms with Crippen LogP contribution < -0.4 is 0 Å². The van der Waals surface area contributed by atoms with E-state index in [1.54, 1.807) is 11.8 Å². The molecule has 59 heavy (non-hydrogen) atoms. The molecule has 2 saturated heterocycles. The Morgan fingerprint density at radius 1 is 0.542 bits per heavy atom. The topological polar surface area (TPSA) is 129 Å². The summed E-state index contributed by atoms with van der Waals surface area (Å²) in [6.07, 6.45) is 16.5. The maximum Gasteiger partial charge on any atom is 0.137 e. The number of hydrogen-bond acceptors (Lipinski definition) is 9. The minimum atomic E-state index is -1.41. The molecule has 9 heteroatoms. The van der Waals surface area contributed by atoms with Crippen LogP contribution in [0.5, 0.6) is 0 Å². The average Bonchev–Trinajstić information content (AvgIpc) is 3.71. The van der Waals surface area contributed by atoms with E-state index < -0.39 is 62.6 Å². The molecule has 0 N–H and O–H groups in total. The van der Waals surface area contributed by atoms with Crippen molar-refractivity contribution in [2.75, 3.05) is 0 Å². The van der Waals surface area contributed by atoms with Gasteiger partial charge in [-0.25, -0.2) is 0 Å². The van der Waals surface area contributed by atoms with Crippen LogP contribution in [0.15, 0.2) is 24.3 Å². The van der Waals surface area contributed by atoms with Crippen LogP contribution in [0.3, 0.4) is 0 Å². The number of carbonyl (C=O) groups excluding carboxylic acids is 6. The van der Waals surface area contributed by atoms with E-state index in [4.69, 9.17) is 0 Å². The van der Waals surface area contributed by atoms with Crippen molar-refractivity contribution in [3.8, 4) is 6.07 Å². The summed E-state index contributed by atoms with van der Waals surface area (Å²) in [5.74, 6) is -2.77. The van der Waals surface area contributed by atoms with Crippen molar-refractivity contribution >= 4 is 46.5 Å². The maximum absolute atomic E-state index is 15.1. The van der Waals surface area contributed by atoms with Crippen molar-refractivity contribution in [1.82, 2.24) is 4.90 Å². The molecule has 6 aliphatic carbocycles. The SMILES string of the molecule is N#CC1(C2CCCCC2=O)C(C2CCCCC2=O)C2(C3CCCCC3=O)SC13c1ccccc1C(C1CCCCC1=O)C(C1CCCCC1=O)N3C2C1CCCCC1=O. The lowest BCUT2D eigenvalue weighted by Gasteiger charge is -2.67. The highest BCUT2D eigenvalue weighted by Crippen LogP contribution is 2.85. The van der Waals surface area contributed by atoms with Gasteiger partial charge in [-0.15, -0.1) is 11.8 Å². The zero-order valence-corrected chi connectivity index (χ0v) is 35.6. The van der Waals surface area contributed by atoms with E-state index in [0.29, 0.717) is 70.6 Å². The number of ketones is 6. The van der Waals surface area contributed by atoms with Gasteiger partial charge in [0.05, 0.1) is 6.07 Å². The molecule has 1 spiro atoms. The number of fused-ring (bicyclic) bond motifs is 2. The fourth-order valence-electron chi connectivity index (χ4n) is 15.8. The Balaban J connectivity index is 1.37. The Morgan fingerprint density at radius 3 is 1.56 bits per heavy atom. The van der Waals surface area contributed by atoms with Gasteiger partial charge in [-0.3, -0.25) is 33.7 Å². The highest BCUT2D eigenvalue weighted by Gasteiger charge is 2.89. The lowest BCUT2D eigenvalue weighted by molar-refractivity contribution is -0.187. The van der Waals surface area contributed by atoms with Crippen molar-refractivity contribution in [3.05, 3.63) is 35.4 Å². The molecule has 9 aliphatic rings. The first-order valence-electron chi connectivity index (χ1n) is 23.9. The Hall–Kier alpha value is -2.96. The number of benzene rings is 1. The van der Waals surface area contributed by atoms with E-state index >= 15 is 9.59 Å². The Kier molecular flexibility index (Phi) is 10.5. The van der Waals surface area contributed by atoms with Crippen molar-refractivity contribution in [3.63, 3.8) is 0 Å². The lowest BCUT2D eigenvalue weighted by Crippen LogP contribution is -2.77. The quantitative estimate of drug-likeness (QED) is 0.276. The Labute approximate surface area is 354 Å². The van der Waals surface area contributed by atoms with Crippen LogP contribution in [0.1, 0.15) is 171 Å². The third-order valence-electron chi connectivity index (χ3n) is 17.8. The van der Waals surface area contributed by atoms with Crippen molar-refractivity contribution in [2.45, 2.75) is 182 Å². The van der Waals surface area contributed by atoms with Crippen LogP contribution in [0.4, 0.5) is 0 Å². The number of hydrogen-bond donors (Lipinski definition) is 0. The third kappa shape index (κ3) is 5.62. The monoisotopic (exact) mass is 818 g/mol. The fourth-order valence-corrected chi connectivity index (χ4v) is 18.7. The molecule has 13 atom stereocenters. The summed E-state index contributed by atoms with van der Waals surface area (Å²) in [7, 11) is 0. The van der Waals surface area contributed by atoms with Crippen molar-refractivity contribution in [1.29, 1.82) is 5.26 Å². The lowest BCUT2D eigenvalue weighted by atomic mass is 9.43. The minimum absolute atomic E-state index is 0.0799. The highest BCUT2D eigenvalue weighted by molar-refractivity contribution is 8.02. The minimum Gasteiger partial charge on any atom is -0.299 e. The van der Waals surface area contributed by atoms with Crippen LogP contribution in [0, 0.1) is 58.2 Å². The molecule has 3 aliphatic heterocycles. The highest BCUT2D eigenvalue weighted by atomic mass is 32.2. The summed E-state index contributed by atoms with van der Waals surface area (Å²) in [4.78, 5) is 90.6. The van der Waals surface area contributed by atoms with Gasteiger partial charge < -0.3 is 0 Å². The zero-order valence-electron chi connectivity index (χ0n) is 34.8. The van der Waals surface area contributed by atoms with Gasteiger partial charge >= 0.3 is 0 Å². The van der Waals surface area contributed by atoms with Crippen LogP contribution in [0.25, 0.3) is 0 Å². The van der Waals surface area contributed by atoms with Gasteiger partial charge in [0.2, 0.25) is 0 Å². The molecule has 0 radical (unpaired) electrons. The van der Waals surface area contributed by atoms with E-state index in [0.717, 1.165) is 94.6 Å². The first-order valence-corrected chi connectivity index (χ1v) is 24.7. The second-order valence-corrected chi connectivity index (χ2v) is 21.8. The molecule has 0 aromatic heterocycles. The van der Waals surface area contributed by atoms with Crippen LogP contribution >= 0.6 is 11.8 Å². The Bertz CT molecular complexity index is 1990. The molecule has 3 heterocycles. The van der Waals surface area contributed by atoms with Gasteiger partial charge in [-0.1, -0.05) is 62.8 Å². The van der Waals surface area contributed by atoms with Gasteiger partial charge in [0.15, 0.2) is 0 Å². The summed E-state index contributed by atoms with van der Waals surface area (Å²) in [5, 5.41) is 12.7. The normalized spacial score (nSPS) is 44.3. The molecule has 1 aromatic carbocycles. The van der Waals surface area contributed by atoms with E-state index in [1.165, 1.54) is 0 Å². The second kappa shape index (κ2) is 15.4. The molecule has 10 rings (SSSR count). The van der Waals surface area contributed by atoms with Gasteiger partial charge in [0.25, 0.3) is 0 Å². The number of thioether (sulfide) groups is 1. The van der Waals surface area contributed by atoms with Gasteiger partial charge in [0.1, 0.15) is 45.0 Å². The summed E-state index contributed by atoms with van der Waals surface area (Å²) < 4.78 is -1.02. The first-order chi connectivity index (χ1) is 28.7. The molecule has 8 fully saturated rings. The molecule has 314 valence electrons. The van der Waals surface area contributed by atoms with Crippen LogP contribution in [-0.2, 0) is 33.6 Å². The molecule has 8 nitrogen and oxygen atoms in total. The van der Waals surface area contributed by atoms with Gasteiger partial charge in [0, 0.05) is 103 Å². The van der Waals surface area contributed by atoms with E-state index in [1.807, 2.05) is 12.1 Å². The zero-order chi connectivity index (χ0) is 40.7. The summed E-state index contributed by atoms with van der Waals surface area (Å²) >= 11 is 1.75. The summed E-state index contributed by atoms with van der Waals surface area (Å²) in [6, 6.07) is 10.5. The molecule has 13 unspecified atom stereocenters. The van der Waals surface area contributed by atoms with Gasteiger partial charge in [-0.05, 0) is 88.2 Å². The van der Waals surface area contributed by atoms with Crippen LogP contribution in [-0.4, -0.2) is 56.4 Å². The second-order valence-electron chi connectivity index (χ2n) is 20.3. The van der Waals surface area contributed by atoms with E-state index in [2.05, 4.69) is 23.1 Å². The van der Waals surface area contributed by atoms with Gasteiger partial charge in [-0.2, -0.15) is 5.26 Å². The average molecular weight is 819 g/mol. The Morgan fingerprint density at radius 2 is 1.02 bits per heavy atom. The van der Waals surface area contributed by atoms with E-state index in [9.17, 15) is 24.4 Å². The molecule has 6 saturated carbocycles. The number of piperidine rings is 1. The third-order valence-corrected chi connectivity index (χ3v) is 20.0. The van der Waals surface area contributed by atoms with Crippen molar-refractivity contribution < 1.29 is 28.8 Å². The number of Topliss-reactive ketones (excluding diaryl/α,β-unsaturated/α-hetero) is 6. The molecule has 1 aromatic rings. The fraction of sp³-hybridized carbons (Fsp3) is 0.740. The van der Waals surface area contributed by atoms with Crippen LogP contribution in [0.2, 0.25) is 0 Å². The standard InChI is InChI=1S/C50H62N2O6S/c51-29-48(36-21-7-13-27-42(36)57)46(33-18-4-11-25-40(33)55)49(37-22-8-14-28-43(37)58)47(34-19-5-12-26-41(34)56)52-45(32-17-3-10-24-39(32)54)44(31-16-2-9-23-38(31)53)30-15-1-6-20-35(30)50(48,52)59-49/h1,6,15,20,31-34,36-37,44-47H,2-5,7-14,16-19,21-28H2. The number of nitrogens with zero attached hydrogens (tertiary/aromatic N) is 2. The molecule has 0 amide bonds.